The lowest BCUT2D eigenvalue weighted by molar-refractivity contribution is 0.0696. The van der Waals surface area contributed by atoms with E-state index in [9.17, 15) is 9.59 Å². The fraction of sp³-hybridized carbons (Fsp3) is 0.143. The topological polar surface area (TPSA) is 85.3 Å². The van der Waals surface area contributed by atoms with Gasteiger partial charge in [-0.3, -0.25) is 4.57 Å². The van der Waals surface area contributed by atoms with Gasteiger partial charge in [0.15, 0.2) is 0 Å². The number of carbonyl (C=O) groups is 2. The molecule has 0 spiro atoms. The van der Waals surface area contributed by atoms with E-state index in [1.54, 1.807) is 6.92 Å². The average Bonchev–Trinajstić information content (AvgIpc) is 2.30. The number of aromatic nitrogens is 1. The molecule has 1 aromatic rings. The van der Waals surface area contributed by atoms with Gasteiger partial charge in [-0.05, 0) is 12.5 Å². The van der Waals surface area contributed by atoms with Crippen molar-refractivity contribution in [3.63, 3.8) is 0 Å². The first-order chi connectivity index (χ1) is 5.52. The minimum Gasteiger partial charge on any atom is -0.478 e. The molecule has 0 aromatic carbocycles. The summed E-state index contributed by atoms with van der Waals surface area (Å²) < 4.78 is 1.04. The minimum absolute atomic E-state index is 0.0915. The Hall–Kier alpha value is -1.78. The highest BCUT2D eigenvalue weighted by molar-refractivity contribution is 5.90. The molecular weight excluding hydrogens is 160 g/mol. The van der Waals surface area contributed by atoms with Crippen LogP contribution in [0.5, 0.6) is 0 Å². The Morgan fingerprint density at radius 3 is 2.33 bits per heavy atom. The van der Waals surface area contributed by atoms with Crippen molar-refractivity contribution in [1.29, 1.82) is 0 Å². The normalized spacial score (nSPS) is 9.75. The third-order valence-electron chi connectivity index (χ3n) is 1.51. The molecule has 5 nitrogen and oxygen atoms in total. The van der Waals surface area contributed by atoms with Crippen molar-refractivity contribution in [2.45, 2.75) is 6.92 Å². The second-order valence-corrected chi connectivity index (χ2v) is 2.41. The summed E-state index contributed by atoms with van der Waals surface area (Å²) in [6.45, 7) is 1.60. The maximum Gasteiger partial charge on any atom is 0.337 e. The largest absolute Gasteiger partial charge is 0.478 e. The Labute approximate surface area is 68.4 Å². The van der Waals surface area contributed by atoms with Gasteiger partial charge in [0.25, 0.3) is 0 Å². The van der Waals surface area contributed by atoms with Crippen LogP contribution in [-0.4, -0.2) is 21.7 Å². The zero-order chi connectivity index (χ0) is 9.30. The molecule has 64 valence electrons. The van der Waals surface area contributed by atoms with Gasteiger partial charge in [0, 0.05) is 12.4 Å². The highest BCUT2D eigenvalue weighted by Crippen LogP contribution is 2.08. The molecule has 0 aliphatic heterocycles. The molecule has 0 unspecified atom stereocenters. The van der Waals surface area contributed by atoms with Gasteiger partial charge in [0.05, 0.1) is 5.56 Å². The molecule has 0 bridgehead atoms. The predicted octanol–water partition coefficient (Wildman–Crippen LogP) is 0.422. The highest BCUT2D eigenvalue weighted by atomic mass is 16.4. The summed E-state index contributed by atoms with van der Waals surface area (Å²) in [4.78, 5) is 21.1. The third-order valence-corrected chi connectivity index (χ3v) is 1.51. The van der Waals surface area contributed by atoms with Crippen LogP contribution >= 0.6 is 0 Å². The van der Waals surface area contributed by atoms with Crippen LogP contribution in [0.3, 0.4) is 0 Å². The van der Waals surface area contributed by atoms with Crippen molar-refractivity contribution in [2.24, 2.45) is 5.73 Å². The number of nitrogens with two attached hydrogens (primary N) is 1. The Balaban J connectivity index is 3.17. The molecule has 1 heterocycles. The van der Waals surface area contributed by atoms with E-state index in [0.717, 1.165) is 4.57 Å². The van der Waals surface area contributed by atoms with Crippen molar-refractivity contribution >= 4 is 12.0 Å². The van der Waals surface area contributed by atoms with Crippen molar-refractivity contribution < 1.29 is 14.7 Å². The van der Waals surface area contributed by atoms with E-state index in [0.29, 0.717) is 5.56 Å². The van der Waals surface area contributed by atoms with Crippen LogP contribution in [0.25, 0.3) is 0 Å². The fourth-order valence-electron chi connectivity index (χ4n) is 0.907. The first kappa shape index (κ1) is 8.32. The smallest absolute Gasteiger partial charge is 0.337 e. The summed E-state index contributed by atoms with van der Waals surface area (Å²) >= 11 is 0. The molecular formula is C7H8N2O3. The van der Waals surface area contributed by atoms with Crippen LogP contribution in [-0.2, 0) is 0 Å². The van der Waals surface area contributed by atoms with Crippen LogP contribution in [0.1, 0.15) is 15.9 Å². The molecule has 0 saturated carbocycles. The molecule has 1 rings (SSSR count). The molecule has 1 aromatic heterocycles. The van der Waals surface area contributed by atoms with E-state index in [1.807, 2.05) is 0 Å². The van der Waals surface area contributed by atoms with E-state index in [2.05, 4.69) is 0 Å². The van der Waals surface area contributed by atoms with Gasteiger partial charge in [-0.25, -0.2) is 9.59 Å². The number of nitrogens with zero attached hydrogens (tertiary/aromatic N) is 1. The Morgan fingerprint density at radius 2 is 2.08 bits per heavy atom. The molecule has 5 heteroatoms. The summed E-state index contributed by atoms with van der Waals surface area (Å²) in [6, 6.07) is -0.689. The SMILES string of the molecule is Cc1cn(C(N)=O)cc1C(=O)O. The molecule has 0 aliphatic rings. The maximum absolute atomic E-state index is 10.6. The Morgan fingerprint density at radius 1 is 1.50 bits per heavy atom. The first-order valence-corrected chi connectivity index (χ1v) is 3.24. The molecule has 3 N–H and O–H groups in total. The van der Waals surface area contributed by atoms with Crippen LogP contribution in [0.4, 0.5) is 4.79 Å². The zero-order valence-corrected chi connectivity index (χ0v) is 6.44. The van der Waals surface area contributed by atoms with Crippen LogP contribution < -0.4 is 5.73 Å². The number of hydrogen-bond donors (Lipinski definition) is 2. The monoisotopic (exact) mass is 168 g/mol. The highest BCUT2D eigenvalue weighted by Gasteiger charge is 2.11. The van der Waals surface area contributed by atoms with Crippen molar-refractivity contribution in [1.82, 2.24) is 4.57 Å². The summed E-state index contributed by atoms with van der Waals surface area (Å²) in [5.74, 6) is -1.06. The number of carboxylic acid groups (broad SMARTS) is 1. The zero-order valence-electron chi connectivity index (χ0n) is 6.44. The van der Waals surface area contributed by atoms with Crippen LogP contribution in [0, 0.1) is 6.92 Å². The summed E-state index contributed by atoms with van der Waals surface area (Å²) in [6.07, 6.45) is 2.58. The second kappa shape index (κ2) is 2.69. The van der Waals surface area contributed by atoms with Gasteiger partial charge in [0.2, 0.25) is 0 Å². The molecule has 1 amide bonds. The van der Waals surface area contributed by atoms with E-state index >= 15 is 0 Å². The first-order valence-electron chi connectivity index (χ1n) is 3.24. The van der Waals surface area contributed by atoms with Gasteiger partial charge < -0.3 is 10.8 Å². The molecule has 0 fully saturated rings. The van der Waals surface area contributed by atoms with Crippen molar-refractivity contribution in [3.05, 3.63) is 23.5 Å². The number of amides is 1. The number of aromatic carboxylic acids is 1. The molecule has 0 radical (unpaired) electrons. The van der Waals surface area contributed by atoms with E-state index in [1.165, 1.54) is 12.4 Å². The minimum atomic E-state index is -1.06. The molecule has 0 atom stereocenters. The van der Waals surface area contributed by atoms with Gasteiger partial charge in [-0.15, -0.1) is 0 Å². The van der Waals surface area contributed by atoms with E-state index in [4.69, 9.17) is 10.8 Å². The predicted molar refractivity (Wildman–Crippen MR) is 41.1 cm³/mol. The standard InChI is InChI=1S/C7H8N2O3/c1-4-2-9(7(8)12)3-5(4)6(10)11/h2-3H,1H3,(H2,8,12)(H,10,11). The number of rotatable bonds is 1. The summed E-state index contributed by atoms with van der Waals surface area (Å²) in [5, 5.41) is 8.60. The van der Waals surface area contributed by atoms with Crippen LogP contribution in [0.2, 0.25) is 0 Å². The Bertz CT molecular complexity index is 340. The molecule has 0 saturated heterocycles. The quantitative estimate of drug-likeness (QED) is 0.637. The van der Waals surface area contributed by atoms with Crippen LogP contribution in [0.15, 0.2) is 12.4 Å². The molecule has 0 aliphatic carbocycles. The number of primary amides is 1. The van der Waals surface area contributed by atoms with Gasteiger partial charge in [0.1, 0.15) is 0 Å². The number of carboxylic acids is 1. The average molecular weight is 168 g/mol. The Kier molecular flexibility index (Phi) is 1.86. The lowest BCUT2D eigenvalue weighted by Crippen LogP contribution is -2.17. The van der Waals surface area contributed by atoms with Gasteiger partial charge in [-0.2, -0.15) is 0 Å². The number of hydrogen-bond acceptors (Lipinski definition) is 2. The lowest BCUT2D eigenvalue weighted by Gasteiger charge is -1.90. The summed E-state index contributed by atoms with van der Waals surface area (Å²) in [5.41, 5.74) is 5.53. The summed E-state index contributed by atoms with van der Waals surface area (Å²) in [7, 11) is 0. The van der Waals surface area contributed by atoms with Crippen molar-refractivity contribution in [2.75, 3.05) is 0 Å². The lowest BCUT2D eigenvalue weighted by atomic mass is 10.2. The molecule has 12 heavy (non-hydrogen) atoms. The maximum atomic E-state index is 10.6. The van der Waals surface area contributed by atoms with E-state index in [-0.39, 0.29) is 5.56 Å². The van der Waals surface area contributed by atoms with E-state index < -0.39 is 12.0 Å². The fourth-order valence-corrected chi connectivity index (χ4v) is 0.907. The van der Waals surface area contributed by atoms with Crippen molar-refractivity contribution in [3.8, 4) is 0 Å². The van der Waals surface area contributed by atoms with Gasteiger partial charge >= 0.3 is 12.0 Å². The second-order valence-electron chi connectivity index (χ2n) is 2.41. The van der Waals surface area contributed by atoms with Gasteiger partial charge in [-0.1, -0.05) is 0 Å². The third kappa shape index (κ3) is 1.29. The number of aryl methyl sites for hydroxylation is 1. The number of carbonyl (C=O) groups excluding carboxylic acids is 1.